The first kappa shape index (κ1) is 15.5. The van der Waals surface area contributed by atoms with E-state index in [0.29, 0.717) is 11.3 Å². The highest BCUT2D eigenvalue weighted by molar-refractivity contribution is 9.10. The number of amides is 1. The Morgan fingerprint density at radius 1 is 1.47 bits per heavy atom. The molecule has 0 heterocycles. The van der Waals surface area contributed by atoms with Crippen LogP contribution in [-0.4, -0.2) is 41.8 Å². The van der Waals surface area contributed by atoms with Crippen molar-refractivity contribution in [3.63, 3.8) is 0 Å². The van der Waals surface area contributed by atoms with Crippen LogP contribution in [0.5, 0.6) is 5.75 Å². The van der Waals surface area contributed by atoms with Gasteiger partial charge in [-0.25, -0.2) is 4.79 Å². The second-order valence-electron chi connectivity index (χ2n) is 3.74. The minimum absolute atomic E-state index is 0.0575. The lowest BCUT2D eigenvalue weighted by Crippen LogP contribution is -2.30. The van der Waals surface area contributed by atoms with Crippen molar-refractivity contribution < 1.29 is 24.5 Å². The van der Waals surface area contributed by atoms with E-state index in [1.165, 1.54) is 7.11 Å². The summed E-state index contributed by atoms with van der Waals surface area (Å²) in [6.07, 6.45) is -1.54. The largest absolute Gasteiger partial charge is 0.496 e. The highest BCUT2D eigenvalue weighted by Gasteiger charge is 2.15. The van der Waals surface area contributed by atoms with Crippen LogP contribution < -0.4 is 10.1 Å². The number of hydrogen-bond donors (Lipinski definition) is 3. The normalized spacial score (nSPS) is 11.7. The van der Waals surface area contributed by atoms with E-state index in [0.717, 1.165) is 4.47 Å². The Bertz CT molecular complexity index is 477. The molecule has 0 saturated carbocycles. The third-order valence-corrected chi connectivity index (χ3v) is 2.89. The standard InChI is InChI=1S/C12H14BrNO5/c1-19-10-3-2-7(13)6-8(10)11(16)14-5-4-9(15)12(17)18/h2-3,6,9,15H,4-5H2,1H3,(H,14,16)(H,17,18). The van der Waals surface area contributed by atoms with Crippen LogP contribution in [0.1, 0.15) is 16.8 Å². The van der Waals surface area contributed by atoms with Gasteiger partial charge in [0, 0.05) is 17.4 Å². The fraction of sp³-hybridized carbons (Fsp3) is 0.333. The van der Waals surface area contributed by atoms with Gasteiger partial charge >= 0.3 is 5.97 Å². The Kier molecular flexibility index (Phi) is 5.78. The van der Waals surface area contributed by atoms with Gasteiger partial charge in [-0.05, 0) is 18.2 Å². The highest BCUT2D eigenvalue weighted by atomic mass is 79.9. The molecule has 1 unspecified atom stereocenters. The number of rotatable bonds is 6. The van der Waals surface area contributed by atoms with Gasteiger partial charge in [-0.2, -0.15) is 0 Å². The maximum atomic E-state index is 11.9. The van der Waals surface area contributed by atoms with Gasteiger partial charge in [0.15, 0.2) is 6.10 Å². The van der Waals surface area contributed by atoms with Crippen molar-refractivity contribution >= 4 is 27.8 Å². The van der Waals surface area contributed by atoms with E-state index in [1.807, 2.05) is 0 Å². The molecule has 0 bridgehead atoms. The van der Waals surface area contributed by atoms with Crippen LogP contribution in [0.3, 0.4) is 0 Å². The number of benzene rings is 1. The second kappa shape index (κ2) is 7.10. The summed E-state index contributed by atoms with van der Waals surface area (Å²) < 4.78 is 5.79. The average molecular weight is 332 g/mol. The van der Waals surface area contributed by atoms with Gasteiger partial charge in [0.2, 0.25) is 0 Å². The zero-order chi connectivity index (χ0) is 14.4. The molecule has 104 valence electrons. The molecule has 1 aromatic rings. The van der Waals surface area contributed by atoms with Crippen LogP contribution in [0.25, 0.3) is 0 Å². The Labute approximate surface area is 118 Å². The van der Waals surface area contributed by atoms with Crippen LogP contribution in [0.15, 0.2) is 22.7 Å². The summed E-state index contributed by atoms with van der Waals surface area (Å²) in [4.78, 5) is 22.3. The minimum atomic E-state index is -1.48. The Morgan fingerprint density at radius 3 is 2.74 bits per heavy atom. The van der Waals surface area contributed by atoms with E-state index < -0.39 is 18.0 Å². The molecule has 0 aliphatic rings. The maximum absolute atomic E-state index is 11.9. The molecule has 0 aliphatic carbocycles. The summed E-state index contributed by atoms with van der Waals surface area (Å²) in [7, 11) is 1.45. The van der Waals surface area contributed by atoms with Crippen molar-refractivity contribution in [1.29, 1.82) is 0 Å². The number of halogens is 1. The van der Waals surface area contributed by atoms with Gasteiger partial charge in [0.05, 0.1) is 12.7 Å². The van der Waals surface area contributed by atoms with Gasteiger partial charge in [0.1, 0.15) is 5.75 Å². The summed E-state index contributed by atoms with van der Waals surface area (Å²) in [5.41, 5.74) is 0.335. The summed E-state index contributed by atoms with van der Waals surface area (Å²) in [6.45, 7) is 0.0575. The molecule has 1 aromatic carbocycles. The van der Waals surface area contributed by atoms with Crippen molar-refractivity contribution in [2.24, 2.45) is 0 Å². The number of carbonyl (C=O) groups is 2. The van der Waals surface area contributed by atoms with Crippen molar-refractivity contribution in [1.82, 2.24) is 5.32 Å². The predicted octanol–water partition coefficient (Wildman–Crippen LogP) is 1.02. The molecule has 1 amide bonds. The zero-order valence-corrected chi connectivity index (χ0v) is 11.8. The predicted molar refractivity (Wildman–Crippen MR) is 71.3 cm³/mol. The number of aliphatic hydroxyl groups is 1. The fourth-order valence-corrected chi connectivity index (χ4v) is 1.76. The molecule has 3 N–H and O–H groups in total. The molecule has 6 nitrogen and oxygen atoms in total. The molecular weight excluding hydrogens is 318 g/mol. The Hall–Kier alpha value is -1.60. The second-order valence-corrected chi connectivity index (χ2v) is 4.66. The molecule has 0 aliphatic heterocycles. The van der Waals surface area contributed by atoms with Gasteiger partial charge in [-0.15, -0.1) is 0 Å². The lowest BCUT2D eigenvalue weighted by Gasteiger charge is -2.10. The van der Waals surface area contributed by atoms with Crippen LogP contribution in [0, 0.1) is 0 Å². The Balaban J connectivity index is 2.63. The summed E-state index contributed by atoms with van der Waals surface area (Å²) in [6, 6.07) is 4.98. The van der Waals surface area contributed by atoms with Crippen LogP contribution in [0.2, 0.25) is 0 Å². The van der Waals surface area contributed by atoms with Crippen molar-refractivity contribution in [3.8, 4) is 5.75 Å². The first-order chi connectivity index (χ1) is 8.95. The summed E-state index contributed by atoms with van der Waals surface area (Å²) in [5.74, 6) is -1.29. The van der Waals surface area contributed by atoms with Gasteiger partial charge < -0.3 is 20.3 Å². The third-order valence-electron chi connectivity index (χ3n) is 2.39. The van der Waals surface area contributed by atoms with E-state index in [4.69, 9.17) is 14.9 Å². The molecule has 19 heavy (non-hydrogen) atoms. The lowest BCUT2D eigenvalue weighted by molar-refractivity contribution is -0.146. The van der Waals surface area contributed by atoms with Crippen molar-refractivity contribution in [2.75, 3.05) is 13.7 Å². The number of nitrogens with one attached hydrogen (secondary N) is 1. The molecular formula is C12H14BrNO5. The highest BCUT2D eigenvalue weighted by Crippen LogP contribution is 2.22. The number of ether oxygens (including phenoxy) is 1. The van der Waals surface area contributed by atoms with Gasteiger partial charge in [-0.1, -0.05) is 15.9 Å². The molecule has 1 atom stereocenters. The summed E-state index contributed by atoms with van der Waals surface area (Å²) >= 11 is 3.25. The van der Waals surface area contributed by atoms with Gasteiger partial charge in [0.25, 0.3) is 5.91 Å². The SMILES string of the molecule is COc1ccc(Br)cc1C(=O)NCCC(O)C(=O)O. The topological polar surface area (TPSA) is 95.9 Å². The number of carboxylic acid groups (broad SMARTS) is 1. The third kappa shape index (κ3) is 4.53. The number of hydrogen-bond acceptors (Lipinski definition) is 4. The zero-order valence-electron chi connectivity index (χ0n) is 10.2. The molecule has 0 aromatic heterocycles. The monoisotopic (exact) mass is 331 g/mol. The molecule has 0 fully saturated rings. The summed E-state index contributed by atoms with van der Waals surface area (Å²) in [5, 5.41) is 20.1. The van der Waals surface area contributed by atoms with E-state index in [2.05, 4.69) is 21.2 Å². The maximum Gasteiger partial charge on any atom is 0.332 e. The number of carboxylic acids is 1. The van der Waals surface area contributed by atoms with E-state index >= 15 is 0 Å². The van der Waals surface area contributed by atoms with E-state index in [9.17, 15) is 9.59 Å². The number of carbonyl (C=O) groups excluding carboxylic acids is 1. The van der Waals surface area contributed by atoms with Crippen molar-refractivity contribution in [2.45, 2.75) is 12.5 Å². The smallest absolute Gasteiger partial charge is 0.332 e. The van der Waals surface area contributed by atoms with Gasteiger partial charge in [-0.3, -0.25) is 4.79 Å². The molecule has 0 spiro atoms. The first-order valence-corrected chi connectivity index (χ1v) is 6.27. The van der Waals surface area contributed by atoms with Crippen LogP contribution in [-0.2, 0) is 4.79 Å². The Morgan fingerprint density at radius 2 is 2.16 bits per heavy atom. The average Bonchev–Trinajstić information content (AvgIpc) is 2.38. The van der Waals surface area contributed by atoms with Crippen LogP contribution >= 0.6 is 15.9 Å². The molecule has 1 rings (SSSR count). The first-order valence-electron chi connectivity index (χ1n) is 5.48. The number of aliphatic hydroxyl groups excluding tert-OH is 1. The minimum Gasteiger partial charge on any atom is -0.496 e. The lowest BCUT2D eigenvalue weighted by atomic mass is 10.2. The quantitative estimate of drug-likeness (QED) is 0.723. The fourth-order valence-electron chi connectivity index (χ4n) is 1.40. The van der Waals surface area contributed by atoms with Crippen molar-refractivity contribution in [3.05, 3.63) is 28.2 Å². The van der Waals surface area contributed by atoms with E-state index in [1.54, 1.807) is 18.2 Å². The number of aliphatic carboxylic acids is 1. The van der Waals surface area contributed by atoms with E-state index in [-0.39, 0.29) is 13.0 Å². The van der Waals surface area contributed by atoms with Crippen LogP contribution in [0.4, 0.5) is 0 Å². The molecule has 0 radical (unpaired) electrons. The molecule has 0 saturated heterocycles. The number of methoxy groups -OCH3 is 1. The molecule has 7 heteroatoms.